The predicted octanol–water partition coefficient (Wildman–Crippen LogP) is 3.22. The Morgan fingerprint density at radius 3 is 2.77 bits per heavy atom. The molecule has 0 aliphatic heterocycles. The zero-order chi connectivity index (χ0) is 18.4. The maximum atomic E-state index is 11.9. The highest BCUT2D eigenvalue weighted by molar-refractivity contribution is 5.89. The molecule has 0 radical (unpaired) electrons. The summed E-state index contributed by atoms with van der Waals surface area (Å²) in [6.45, 7) is 3.93. The number of carbonyl (C=O) groups is 1. The number of ether oxygens (including phenoxy) is 1. The zero-order valence-corrected chi connectivity index (χ0v) is 14.7. The minimum absolute atomic E-state index is 0.100. The Morgan fingerprint density at radius 2 is 2.00 bits per heavy atom. The van der Waals surface area contributed by atoms with Crippen LogP contribution in [0.3, 0.4) is 0 Å². The van der Waals surface area contributed by atoms with Gasteiger partial charge in [0.15, 0.2) is 6.61 Å². The lowest BCUT2D eigenvalue weighted by Crippen LogP contribution is -2.24. The molecule has 1 aromatic heterocycles. The highest BCUT2D eigenvalue weighted by Gasteiger charge is 2.06. The number of H-pyrrole nitrogens is 1. The Bertz CT molecular complexity index is 917. The molecule has 26 heavy (non-hydrogen) atoms. The summed E-state index contributed by atoms with van der Waals surface area (Å²) in [6.07, 6.45) is 3.21. The zero-order valence-electron chi connectivity index (χ0n) is 14.7. The van der Waals surface area contributed by atoms with E-state index in [4.69, 9.17) is 4.74 Å². The number of hydrogen-bond acceptors (Lipinski definition) is 4. The number of benzene rings is 2. The summed E-state index contributed by atoms with van der Waals surface area (Å²) in [6, 6.07) is 15.5. The molecule has 0 aliphatic rings. The van der Waals surface area contributed by atoms with Gasteiger partial charge in [-0.3, -0.25) is 9.89 Å². The first kappa shape index (κ1) is 17.4. The van der Waals surface area contributed by atoms with Crippen LogP contribution in [0.25, 0.3) is 11.3 Å². The van der Waals surface area contributed by atoms with Crippen molar-refractivity contribution in [3.8, 4) is 17.0 Å². The van der Waals surface area contributed by atoms with E-state index in [1.807, 2.05) is 62.4 Å². The molecule has 0 saturated carbocycles. The molecular formula is C20H20N4O2. The maximum Gasteiger partial charge on any atom is 0.277 e. The standard InChI is InChI=1S/C20H20N4O2/c1-14-8-9-18(10-15(14)2)26-13-19(25)23-21-11-17-12-22-24-20(17)16-6-4-3-5-7-16/h3-12H,13H2,1-2H3,(H,22,24)(H,23,25). The summed E-state index contributed by atoms with van der Waals surface area (Å²) in [5.41, 5.74) is 7.38. The molecule has 6 heteroatoms. The van der Waals surface area contributed by atoms with Crippen LogP contribution in [0.15, 0.2) is 59.8 Å². The van der Waals surface area contributed by atoms with Gasteiger partial charge in [-0.2, -0.15) is 10.2 Å². The largest absolute Gasteiger partial charge is 0.484 e. The van der Waals surface area contributed by atoms with Crippen molar-refractivity contribution < 1.29 is 9.53 Å². The summed E-state index contributed by atoms with van der Waals surface area (Å²) in [4.78, 5) is 11.9. The van der Waals surface area contributed by atoms with Gasteiger partial charge < -0.3 is 4.74 Å². The van der Waals surface area contributed by atoms with Gasteiger partial charge in [0, 0.05) is 11.1 Å². The smallest absolute Gasteiger partial charge is 0.277 e. The molecule has 1 amide bonds. The number of aromatic nitrogens is 2. The van der Waals surface area contributed by atoms with Gasteiger partial charge in [-0.15, -0.1) is 0 Å². The SMILES string of the molecule is Cc1ccc(OCC(=O)NN=Cc2cn[nH]c2-c2ccccc2)cc1C. The van der Waals surface area contributed by atoms with Gasteiger partial charge >= 0.3 is 0 Å². The summed E-state index contributed by atoms with van der Waals surface area (Å²) in [5.74, 6) is 0.331. The third-order valence-corrected chi connectivity index (χ3v) is 3.97. The lowest BCUT2D eigenvalue weighted by Gasteiger charge is -2.07. The van der Waals surface area contributed by atoms with Crippen LogP contribution in [0.4, 0.5) is 0 Å². The molecule has 2 aromatic carbocycles. The lowest BCUT2D eigenvalue weighted by atomic mass is 10.1. The predicted molar refractivity (Wildman–Crippen MR) is 101 cm³/mol. The summed E-state index contributed by atoms with van der Waals surface area (Å²) >= 11 is 0. The Kier molecular flexibility index (Phi) is 5.43. The summed E-state index contributed by atoms with van der Waals surface area (Å²) in [5, 5.41) is 11.0. The average molecular weight is 348 g/mol. The topological polar surface area (TPSA) is 79.4 Å². The van der Waals surface area contributed by atoms with E-state index in [9.17, 15) is 4.79 Å². The molecule has 0 atom stereocenters. The van der Waals surface area contributed by atoms with E-state index < -0.39 is 0 Å². The molecule has 0 unspecified atom stereocenters. The van der Waals surface area contributed by atoms with Crippen LogP contribution >= 0.6 is 0 Å². The Balaban J connectivity index is 1.55. The number of nitrogens with zero attached hydrogens (tertiary/aromatic N) is 2. The normalized spacial score (nSPS) is 10.8. The molecule has 6 nitrogen and oxygen atoms in total. The highest BCUT2D eigenvalue weighted by atomic mass is 16.5. The molecule has 132 valence electrons. The Labute approximate surface area is 151 Å². The van der Waals surface area contributed by atoms with E-state index in [0.29, 0.717) is 5.75 Å². The van der Waals surface area contributed by atoms with Crippen molar-refractivity contribution in [1.82, 2.24) is 15.6 Å². The van der Waals surface area contributed by atoms with E-state index in [1.54, 1.807) is 12.4 Å². The van der Waals surface area contributed by atoms with Crippen LogP contribution in [0.2, 0.25) is 0 Å². The second kappa shape index (κ2) is 8.11. The fourth-order valence-electron chi connectivity index (χ4n) is 2.39. The third kappa shape index (κ3) is 4.36. The van der Waals surface area contributed by atoms with Crippen LogP contribution in [0, 0.1) is 13.8 Å². The quantitative estimate of drug-likeness (QED) is 0.530. The van der Waals surface area contributed by atoms with Crippen molar-refractivity contribution in [3.63, 3.8) is 0 Å². The van der Waals surface area contributed by atoms with Crippen LogP contribution in [-0.4, -0.2) is 28.9 Å². The third-order valence-electron chi connectivity index (χ3n) is 3.97. The van der Waals surface area contributed by atoms with Gasteiger partial charge in [-0.1, -0.05) is 36.4 Å². The molecule has 0 bridgehead atoms. The molecule has 2 N–H and O–H groups in total. The molecule has 1 heterocycles. The fourth-order valence-corrected chi connectivity index (χ4v) is 2.39. The van der Waals surface area contributed by atoms with Gasteiger partial charge in [-0.05, 0) is 37.1 Å². The van der Waals surface area contributed by atoms with Gasteiger partial charge in [0.25, 0.3) is 5.91 Å². The second-order valence-corrected chi connectivity index (χ2v) is 5.89. The first-order valence-corrected chi connectivity index (χ1v) is 8.24. The van der Waals surface area contributed by atoms with Crippen molar-refractivity contribution in [2.24, 2.45) is 5.10 Å². The number of hydrogen-bond donors (Lipinski definition) is 2. The molecule has 0 fully saturated rings. The average Bonchev–Trinajstić information content (AvgIpc) is 3.12. The van der Waals surface area contributed by atoms with Gasteiger partial charge in [-0.25, -0.2) is 5.43 Å². The molecule has 0 spiro atoms. The molecule has 0 aliphatic carbocycles. The summed E-state index contributed by atoms with van der Waals surface area (Å²) in [7, 11) is 0. The Hall–Kier alpha value is -3.41. The molecule has 0 saturated heterocycles. The maximum absolute atomic E-state index is 11.9. The fraction of sp³-hybridized carbons (Fsp3) is 0.150. The minimum atomic E-state index is -0.329. The number of hydrazone groups is 1. The van der Waals surface area contributed by atoms with Crippen molar-refractivity contribution in [2.75, 3.05) is 6.61 Å². The van der Waals surface area contributed by atoms with Crippen molar-refractivity contribution >= 4 is 12.1 Å². The lowest BCUT2D eigenvalue weighted by molar-refractivity contribution is -0.123. The van der Waals surface area contributed by atoms with Gasteiger partial charge in [0.05, 0.1) is 18.1 Å². The number of nitrogens with one attached hydrogen (secondary N) is 2. The molecule has 3 rings (SSSR count). The van der Waals surface area contributed by atoms with E-state index in [1.165, 1.54) is 5.56 Å². The second-order valence-electron chi connectivity index (χ2n) is 5.89. The van der Waals surface area contributed by atoms with Gasteiger partial charge in [0.2, 0.25) is 0 Å². The molecule has 3 aromatic rings. The molecular weight excluding hydrogens is 328 g/mol. The van der Waals surface area contributed by atoms with Crippen LogP contribution in [0.1, 0.15) is 16.7 Å². The number of aryl methyl sites for hydroxylation is 2. The van der Waals surface area contributed by atoms with Crippen LogP contribution in [-0.2, 0) is 4.79 Å². The number of carbonyl (C=O) groups excluding carboxylic acids is 1. The number of amides is 1. The highest BCUT2D eigenvalue weighted by Crippen LogP contribution is 2.19. The van der Waals surface area contributed by atoms with E-state index in [0.717, 1.165) is 22.4 Å². The van der Waals surface area contributed by atoms with E-state index in [-0.39, 0.29) is 12.5 Å². The van der Waals surface area contributed by atoms with Crippen molar-refractivity contribution in [3.05, 3.63) is 71.4 Å². The van der Waals surface area contributed by atoms with Crippen LogP contribution < -0.4 is 10.2 Å². The van der Waals surface area contributed by atoms with Crippen molar-refractivity contribution in [1.29, 1.82) is 0 Å². The van der Waals surface area contributed by atoms with Crippen LogP contribution in [0.5, 0.6) is 5.75 Å². The summed E-state index contributed by atoms with van der Waals surface area (Å²) < 4.78 is 5.48. The van der Waals surface area contributed by atoms with E-state index in [2.05, 4.69) is 20.7 Å². The van der Waals surface area contributed by atoms with E-state index >= 15 is 0 Å². The first-order valence-electron chi connectivity index (χ1n) is 8.24. The first-order chi connectivity index (χ1) is 12.6. The van der Waals surface area contributed by atoms with Crippen molar-refractivity contribution in [2.45, 2.75) is 13.8 Å². The minimum Gasteiger partial charge on any atom is -0.484 e. The Morgan fingerprint density at radius 1 is 1.19 bits per heavy atom. The monoisotopic (exact) mass is 348 g/mol. The number of aromatic amines is 1. The van der Waals surface area contributed by atoms with Gasteiger partial charge in [0.1, 0.15) is 5.75 Å². The number of rotatable bonds is 6.